The van der Waals surface area contributed by atoms with Crippen LogP contribution in [0.15, 0.2) is 28.9 Å². The number of carboxylic acid groups (broad SMARTS) is 1. The molecule has 0 aliphatic rings. The number of aromatic carboxylic acids is 1. The van der Waals surface area contributed by atoms with Gasteiger partial charge >= 0.3 is 5.97 Å². The SMILES string of the molecule is COc1cc(NC(=O)c2c(C)nc3c(C)cc(Br)cn23)c(C(=O)O)cc1OC. The molecule has 3 aromatic rings. The molecule has 2 heterocycles. The molecule has 8 nitrogen and oxygen atoms in total. The molecule has 9 heteroatoms. The van der Waals surface area contributed by atoms with Gasteiger partial charge in [-0.25, -0.2) is 9.78 Å². The molecule has 1 aromatic carbocycles. The summed E-state index contributed by atoms with van der Waals surface area (Å²) in [5.41, 5.74) is 2.36. The van der Waals surface area contributed by atoms with E-state index in [4.69, 9.17) is 9.47 Å². The average Bonchev–Trinajstić information content (AvgIpc) is 2.97. The minimum absolute atomic E-state index is 0.0937. The van der Waals surface area contributed by atoms with Crippen molar-refractivity contribution in [3.63, 3.8) is 0 Å². The molecular formula is C19H18BrN3O5. The number of pyridine rings is 1. The number of methoxy groups -OCH3 is 2. The number of halogens is 1. The first-order valence-electron chi connectivity index (χ1n) is 8.22. The third-order valence-corrected chi connectivity index (χ3v) is 4.70. The van der Waals surface area contributed by atoms with E-state index in [0.717, 1.165) is 10.0 Å². The van der Waals surface area contributed by atoms with Crippen LogP contribution in [-0.2, 0) is 0 Å². The van der Waals surface area contributed by atoms with Gasteiger partial charge in [-0.2, -0.15) is 0 Å². The van der Waals surface area contributed by atoms with Gasteiger partial charge in [-0.15, -0.1) is 0 Å². The van der Waals surface area contributed by atoms with Gasteiger partial charge in [0.25, 0.3) is 5.91 Å². The molecule has 3 rings (SSSR count). The molecule has 2 aromatic heterocycles. The molecular weight excluding hydrogens is 430 g/mol. The lowest BCUT2D eigenvalue weighted by Gasteiger charge is -2.14. The fourth-order valence-electron chi connectivity index (χ4n) is 3.00. The van der Waals surface area contributed by atoms with Crippen molar-refractivity contribution in [1.82, 2.24) is 9.38 Å². The van der Waals surface area contributed by atoms with Gasteiger partial charge in [-0.1, -0.05) is 0 Å². The van der Waals surface area contributed by atoms with E-state index < -0.39 is 11.9 Å². The van der Waals surface area contributed by atoms with Gasteiger partial charge in [0.1, 0.15) is 11.3 Å². The van der Waals surface area contributed by atoms with Crippen LogP contribution in [0.2, 0.25) is 0 Å². The average molecular weight is 448 g/mol. The Morgan fingerprint density at radius 2 is 1.79 bits per heavy atom. The summed E-state index contributed by atoms with van der Waals surface area (Å²) in [6, 6.07) is 4.62. The van der Waals surface area contributed by atoms with Crippen LogP contribution in [0.25, 0.3) is 5.65 Å². The number of imidazole rings is 1. The van der Waals surface area contributed by atoms with Crippen molar-refractivity contribution in [3.8, 4) is 11.5 Å². The van der Waals surface area contributed by atoms with Crippen LogP contribution < -0.4 is 14.8 Å². The monoisotopic (exact) mass is 447 g/mol. The number of rotatable bonds is 5. The zero-order valence-electron chi connectivity index (χ0n) is 15.7. The Morgan fingerprint density at radius 3 is 2.39 bits per heavy atom. The summed E-state index contributed by atoms with van der Waals surface area (Å²) in [6.07, 6.45) is 1.74. The number of nitrogens with zero attached hydrogens (tertiary/aromatic N) is 2. The van der Waals surface area contributed by atoms with E-state index in [2.05, 4.69) is 26.2 Å². The van der Waals surface area contributed by atoms with Gasteiger partial charge in [0.15, 0.2) is 11.5 Å². The third-order valence-electron chi connectivity index (χ3n) is 4.26. The van der Waals surface area contributed by atoms with Crippen LogP contribution in [0.1, 0.15) is 32.1 Å². The van der Waals surface area contributed by atoms with Crippen molar-refractivity contribution in [1.29, 1.82) is 0 Å². The number of aryl methyl sites for hydroxylation is 2. The van der Waals surface area contributed by atoms with E-state index in [0.29, 0.717) is 22.8 Å². The number of fused-ring (bicyclic) bond motifs is 1. The van der Waals surface area contributed by atoms with Crippen molar-refractivity contribution in [2.45, 2.75) is 13.8 Å². The molecule has 2 N–H and O–H groups in total. The maximum atomic E-state index is 13.0. The Kier molecular flexibility index (Phi) is 5.28. The van der Waals surface area contributed by atoms with Crippen LogP contribution in [-0.4, -0.2) is 40.6 Å². The Hall–Kier alpha value is -3.07. The normalized spacial score (nSPS) is 10.8. The molecule has 0 saturated carbocycles. The van der Waals surface area contributed by atoms with Crippen LogP contribution in [0.4, 0.5) is 5.69 Å². The number of carbonyl (C=O) groups excluding carboxylic acids is 1. The molecule has 0 fully saturated rings. The summed E-state index contributed by atoms with van der Waals surface area (Å²) >= 11 is 3.42. The number of ether oxygens (including phenoxy) is 2. The number of hydrogen-bond donors (Lipinski definition) is 2. The topological polar surface area (TPSA) is 102 Å². The lowest BCUT2D eigenvalue weighted by atomic mass is 10.1. The zero-order chi connectivity index (χ0) is 20.6. The first-order chi connectivity index (χ1) is 13.3. The van der Waals surface area contributed by atoms with Crippen molar-refractivity contribution in [2.24, 2.45) is 0 Å². The summed E-state index contributed by atoms with van der Waals surface area (Å²) in [5, 5.41) is 12.2. The van der Waals surface area contributed by atoms with Crippen LogP contribution in [0, 0.1) is 13.8 Å². The predicted octanol–water partition coefficient (Wildman–Crippen LogP) is 3.68. The molecule has 0 bridgehead atoms. The number of nitrogens with one attached hydrogen (secondary N) is 1. The van der Waals surface area contributed by atoms with E-state index >= 15 is 0 Å². The predicted molar refractivity (Wildman–Crippen MR) is 107 cm³/mol. The zero-order valence-corrected chi connectivity index (χ0v) is 17.2. The van der Waals surface area contributed by atoms with E-state index in [1.165, 1.54) is 26.4 Å². The quantitative estimate of drug-likeness (QED) is 0.618. The van der Waals surface area contributed by atoms with E-state index in [9.17, 15) is 14.7 Å². The number of carbonyl (C=O) groups is 2. The minimum Gasteiger partial charge on any atom is -0.493 e. The second kappa shape index (κ2) is 7.51. The molecule has 146 valence electrons. The molecule has 0 unspecified atom stereocenters. The van der Waals surface area contributed by atoms with Gasteiger partial charge in [-0.05, 0) is 41.4 Å². The standard InChI is InChI=1S/C19H18BrN3O5/c1-9-5-11(20)8-23-16(10(2)21-17(9)23)18(24)22-13-7-15(28-4)14(27-3)6-12(13)19(25)26/h5-8H,1-4H3,(H,22,24)(H,25,26). The van der Waals surface area contributed by atoms with E-state index in [1.807, 2.05) is 13.0 Å². The minimum atomic E-state index is -1.20. The molecule has 28 heavy (non-hydrogen) atoms. The lowest BCUT2D eigenvalue weighted by Crippen LogP contribution is -2.18. The summed E-state index contributed by atoms with van der Waals surface area (Å²) in [4.78, 5) is 29.1. The summed E-state index contributed by atoms with van der Waals surface area (Å²) in [6.45, 7) is 3.62. The number of benzene rings is 1. The lowest BCUT2D eigenvalue weighted by molar-refractivity contribution is 0.0697. The van der Waals surface area contributed by atoms with Crippen LogP contribution in [0.3, 0.4) is 0 Å². The smallest absolute Gasteiger partial charge is 0.337 e. The second-order valence-electron chi connectivity index (χ2n) is 6.09. The molecule has 0 aliphatic heterocycles. The van der Waals surface area contributed by atoms with Crippen molar-refractivity contribution < 1.29 is 24.2 Å². The summed E-state index contributed by atoms with van der Waals surface area (Å²) in [5.74, 6) is -1.14. The fourth-order valence-corrected chi connectivity index (χ4v) is 3.54. The highest BCUT2D eigenvalue weighted by molar-refractivity contribution is 9.10. The van der Waals surface area contributed by atoms with Crippen molar-refractivity contribution in [2.75, 3.05) is 19.5 Å². The number of aromatic nitrogens is 2. The number of anilines is 1. The maximum absolute atomic E-state index is 13.0. The number of hydrogen-bond acceptors (Lipinski definition) is 5. The highest BCUT2D eigenvalue weighted by Gasteiger charge is 2.22. The van der Waals surface area contributed by atoms with Crippen molar-refractivity contribution in [3.05, 3.63) is 51.4 Å². The molecule has 1 amide bonds. The number of amides is 1. The Morgan fingerprint density at radius 1 is 1.14 bits per heavy atom. The second-order valence-corrected chi connectivity index (χ2v) is 7.01. The molecule has 0 radical (unpaired) electrons. The highest BCUT2D eigenvalue weighted by Crippen LogP contribution is 2.34. The van der Waals surface area contributed by atoms with Crippen LogP contribution >= 0.6 is 15.9 Å². The first kappa shape index (κ1) is 19.7. The van der Waals surface area contributed by atoms with Gasteiger partial charge in [0.2, 0.25) is 0 Å². The first-order valence-corrected chi connectivity index (χ1v) is 9.01. The van der Waals surface area contributed by atoms with Crippen molar-refractivity contribution >= 4 is 39.1 Å². The third kappa shape index (κ3) is 3.40. The van der Waals surface area contributed by atoms with Crippen LogP contribution in [0.5, 0.6) is 11.5 Å². The Labute approximate surface area is 169 Å². The molecule has 0 aliphatic carbocycles. The fraction of sp³-hybridized carbons (Fsp3) is 0.211. The summed E-state index contributed by atoms with van der Waals surface area (Å²) in [7, 11) is 2.84. The van der Waals surface area contributed by atoms with Gasteiger partial charge in [0.05, 0.1) is 31.2 Å². The van der Waals surface area contributed by atoms with Gasteiger partial charge < -0.3 is 19.9 Å². The van der Waals surface area contributed by atoms with E-state index in [1.54, 1.807) is 17.5 Å². The molecule has 0 atom stereocenters. The molecule has 0 spiro atoms. The maximum Gasteiger partial charge on any atom is 0.337 e. The van der Waals surface area contributed by atoms with Gasteiger partial charge in [0, 0.05) is 22.8 Å². The largest absolute Gasteiger partial charge is 0.493 e. The van der Waals surface area contributed by atoms with Gasteiger partial charge in [-0.3, -0.25) is 9.20 Å². The Balaban J connectivity index is 2.10. The van der Waals surface area contributed by atoms with E-state index in [-0.39, 0.29) is 17.0 Å². The Bertz CT molecular complexity index is 1110. The molecule has 0 saturated heterocycles. The number of carboxylic acids is 1. The highest BCUT2D eigenvalue weighted by atomic mass is 79.9. The summed E-state index contributed by atoms with van der Waals surface area (Å²) < 4.78 is 12.8.